The van der Waals surface area contributed by atoms with Crippen LogP contribution in [-0.2, 0) is 9.84 Å². The second kappa shape index (κ2) is 10.0. The molecule has 2 N–H and O–H groups in total. The first kappa shape index (κ1) is 23.6. The van der Waals surface area contributed by atoms with Crippen molar-refractivity contribution in [3.63, 3.8) is 0 Å². The van der Waals surface area contributed by atoms with E-state index in [4.69, 9.17) is 9.15 Å². The van der Waals surface area contributed by atoms with Gasteiger partial charge in [0.1, 0.15) is 32.7 Å². The minimum absolute atomic E-state index is 0.0731. The molecule has 0 saturated heterocycles. The maximum Gasteiger partial charge on any atom is 0.255 e. The summed E-state index contributed by atoms with van der Waals surface area (Å²) in [6.45, 7) is 2.88. The molecular formula is C23H27FN2O5S. The van der Waals surface area contributed by atoms with Crippen LogP contribution in [0, 0.1) is 5.82 Å². The van der Waals surface area contributed by atoms with Gasteiger partial charge in [0.15, 0.2) is 0 Å². The minimum Gasteiger partial charge on any atom is -0.491 e. The first-order chi connectivity index (χ1) is 15.2. The second-order valence-corrected chi connectivity index (χ2v) is 9.76. The van der Waals surface area contributed by atoms with E-state index in [2.05, 4.69) is 10.6 Å². The molecule has 1 aromatic heterocycles. The predicted octanol–water partition coefficient (Wildman–Crippen LogP) is 4.23. The minimum atomic E-state index is -3.05. The average Bonchev–Trinajstić information content (AvgIpc) is 3.12. The van der Waals surface area contributed by atoms with E-state index in [1.165, 1.54) is 25.4 Å². The first-order valence-corrected chi connectivity index (χ1v) is 12.4. The Morgan fingerprint density at radius 3 is 2.53 bits per heavy atom. The molecule has 0 aliphatic heterocycles. The number of nitrogens with one attached hydrogen (secondary N) is 2. The van der Waals surface area contributed by atoms with Crippen LogP contribution in [0.2, 0.25) is 0 Å². The van der Waals surface area contributed by atoms with E-state index in [-0.39, 0.29) is 17.5 Å². The first-order valence-electron chi connectivity index (χ1n) is 10.4. The molecule has 3 aromatic rings. The number of hydrogen-bond acceptors (Lipinski definition) is 6. The molecule has 0 bridgehead atoms. The lowest BCUT2D eigenvalue weighted by molar-refractivity contribution is 0.0964. The van der Waals surface area contributed by atoms with Crippen molar-refractivity contribution in [3.8, 4) is 17.1 Å². The Labute approximate surface area is 186 Å². The summed E-state index contributed by atoms with van der Waals surface area (Å²) < 4.78 is 48.1. The van der Waals surface area contributed by atoms with Gasteiger partial charge < -0.3 is 19.8 Å². The molecule has 3 rings (SSSR count). The van der Waals surface area contributed by atoms with Crippen LogP contribution in [0.25, 0.3) is 22.3 Å². The van der Waals surface area contributed by atoms with Crippen LogP contribution in [0.15, 0.2) is 40.8 Å². The highest BCUT2D eigenvalue weighted by Gasteiger charge is 2.23. The highest BCUT2D eigenvalue weighted by Crippen LogP contribution is 2.39. The smallest absolute Gasteiger partial charge is 0.255 e. The fourth-order valence-corrected chi connectivity index (χ4v) is 3.97. The zero-order chi connectivity index (χ0) is 23.3. The van der Waals surface area contributed by atoms with Gasteiger partial charge in [-0.15, -0.1) is 0 Å². The van der Waals surface area contributed by atoms with E-state index in [0.717, 1.165) is 6.42 Å². The molecule has 1 amide bonds. The quantitative estimate of drug-likeness (QED) is 0.438. The van der Waals surface area contributed by atoms with E-state index in [0.29, 0.717) is 58.9 Å². The topological polar surface area (TPSA) is 97.6 Å². The predicted molar refractivity (Wildman–Crippen MR) is 124 cm³/mol. The summed E-state index contributed by atoms with van der Waals surface area (Å²) in [5, 5.41) is 6.40. The van der Waals surface area contributed by atoms with Crippen LogP contribution in [0.5, 0.6) is 5.75 Å². The van der Waals surface area contributed by atoms with Gasteiger partial charge >= 0.3 is 0 Å². The van der Waals surface area contributed by atoms with Crippen molar-refractivity contribution in [2.24, 2.45) is 0 Å². The summed E-state index contributed by atoms with van der Waals surface area (Å²) in [5.74, 6) is 0.217. The largest absolute Gasteiger partial charge is 0.491 e. The van der Waals surface area contributed by atoms with Gasteiger partial charge in [0.05, 0.1) is 23.6 Å². The monoisotopic (exact) mass is 462 g/mol. The van der Waals surface area contributed by atoms with Gasteiger partial charge in [0.25, 0.3) is 5.91 Å². The summed E-state index contributed by atoms with van der Waals surface area (Å²) in [5.41, 5.74) is 2.00. The Balaban J connectivity index is 2.06. The third-order valence-electron chi connectivity index (χ3n) is 4.82. The van der Waals surface area contributed by atoms with E-state index < -0.39 is 9.84 Å². The molecule has 1 heterocycles. The molecule has 32 heavy (non-hydrogen) atoms. The number of carbonyl (C=O) groups is 1. The van der Waals surface area contributed by atoms with Crippen LogP contribution in [0.1, 0.15) is 30.1 Å². The number of carbonyl (C=O) groups excluding carboxylic acids is 1. The Morgan fingerprint density at radius 1 is 1.19 bits per heavy atom. The summed E-state index contributed by atoms with van der Waals surface area (Å²) in [7, 11) is -1.52. The van der Waals surface area contributed by atoms with Crippen LogP contribution < -0.4 is 15.4 Å². The Kier molecular flexibility index (Phi) is 7.40. The lowest BCUT2D eigenvalue weighted by Crippen LogP contribution is -2.18. The zero-order valence-electron chi connectivity index (χ0n) is 18.3. The maximum absolute atomic E-state index is 13.4. The van der Waals surface area contributed by atoms with Crippen molar-refractivity contribution in [2.75, 3.05) is 37.5 Å². The van der Waals surface area contributed by atoms with Gasteiger partial charge in [-0.2, -0.15) is 0 Å². The number of halogens is 1. The SMILES string of the molecule is CCCOc1cc2c(C(=O)NC)c(-c3ccc(F)cc3)oc2cc1NCCCS(C)(=O)=O. The molecule has 0 atom stereocenters. The molecule has 0 spiro atoms. The molecule has 2 aromatic carbocycles. The van der Waals surface area contributed by atoms with Gasteiger partial charge in [-0.05, 0) is 43.2 Å². The lowest BCUT2D eigenvalue weighted by atomic mass is 10.0. The van der Waals surface area contributed by atoms with Crippen molar-refractivity contribution in [3.05, 3.63) is 47.8 Å². The van der Waals surface area contributed by atoms with Gasteiger partial charge in [-0.25, -0.2) is 12.8 Å². The number of fused-ring (bicyclic) bond motifs is 1. The Morgan fingerprint density at radius 2 is 1.91 bits per heavy atom. The third-order valence-corrected chi connectivity index (χ3v) is 5.85. The van der Waals surface area contributed by atoms with Crippen LogP contribution >= 0.6 is 0 Å². The number of benzene rings is 2. The number of ether oxygens (including phenoxy) is 1. The van der Waals surface area contributed by atoms with Crippen molar-refractivity contribution < 1.29 is 26.8 Å². The summed E-state index contributed by atoms with van der Waals surface area (Å²) in [4.78, 5) is 12.7. The number of rotatable bonds is 10. The fraction of sp³-hybridized carbons (Fsp3) is 0.348. The zero-order valence-corrected chi connectivity index (χ0v) is 19.1. The number of hydrogen-bond donors (Lipinski definition) is 2. The molecule has 0 fully saturated rings. The molecule has 0 unspecified atom stereocenters. The molecule has 9 heteroatoms. The van der Waals surface area contributed by atoms with Crippen molar-refractivity contribution in [1.82, 2.24) is 5.32 Å². The maximum atomic E-state index is 13.4. The van der Waals surface area contributed by atoms with Gasteiger partial charge in [0.2, 0.25) is 0 Å². The summed E-state index contributed by atoms with van der Waals surface area (Å²) >= 11 is 0. The van der Waals surface area contributed by atoms with E-state index >= 15 is 0 Å². The fourth-order valence-electron chi connectivity index (χ4n) is 3.31. The van der Waals surface area contributed by atoms with Crippen LogP contribution in [-0.4, -0.2) is 46.5 Å². The van der Waals surface area contributed by atoms with Crippen LogP contribution in [0.3, 0.4) is 0 Å². The number of furan rings is 1. The summed E-state index contributed by atoms with van der Waals surface area (Å²) in [6, 6.07) is 9.20. The summed E-state index contributed by atoms with van der Waals surface area (Å²) in [6.07, 6.45) is 2.43. The molecule has 7 nitrogen and oxygen atoms in total. The molecule has 0 radical (unpaired) electrons. The van der Waals surface area contributed by atoms with Crippen molar-refractivity contribution in [1.29, 1.82) is 0 Å². The Hall–Kier alpha value is -3.07. The van der Waals surface area contributed by atoms with Gasteiger partial charge in [-0.1, -0.05) is 6.92 Å². The van der Waals surface area contributed by atoms with E-state index in [1.54, 1.807) is 24.3 Å². The normalized spacial score (nSPS) is 11.5. The van der Waals surface area contributed by atoms with Crippen LogP contribution in [0.4, 0.5) is 10.1 Å². The van der Waals surface area contributed by atoms with E-state index in [9.17, 15) is 17.6 Å². The average molecular weight is 463 g/mol. The van der Waals surface area contributed by atoms with Gasteiger partial charge in [0, 0.05) is 36.9 Å². The van der Waals surface area contributed by atoms with Crippen molar-refractivity contribution >= 4 is 32.4 Å². The number of amides is 1. The molecule has 0 saturated carbocycles. The van der Waals surface area contributed by atoms with Gasteiger partial charge in [-0.3, -0.25) is 4.79 Å². The highest BCUT2D eigenvalue weighted by atomic mass is 32.2. The number of sulfone groups is 1. The standard InChI is InChI=1S/C23H27FN2O5S/c1-4-11-30-20-13-17-19(14-18(20)26-10-5-12-32(3,28)29)31-22(21(17)23(27)25-2)15-6-8-16(24)9-7-15/h6-9,13-14,26H,4-5,10-12H2,1-3H3,(H,25,27). The number of anilines is 1. The second-order valence-electron chi connectivity index (χ2n) is 7.50. The third kappa shape index (κ3) is 5.59. The highest BCUT2D eigenvalue weighted by molar-refractivity contribution is 7.90. The molecule has 0 aliphatic rings. The lowest BCUT2D eigenvalue weighted by Gasteiger charge is -2.13. The molecule has 0 aliphatic carbocycles. The molecule has 172 valence electrons. The van der Waals surface area contributed by atoms with E-state index in [1.807, 2.05) is 6.92 Å². The van der Waals surface area contributed by atoms with Crippen molar-refractivity contribution in [2.45, 2.75) is 19.8 Å². The molecular weight excluding hydrogens is 435 g/mol. The Bertz CT molecular complexity index is 1200.